The van der Waals surface area contributed by atoms with Gasteiger partial charge in [-0.1, -0.05) is 18.2 Å². The normalized spacial score (nSPS) is 10.6. The summed E-state index contributed by atoms with van der Waals surface area (Å²) in [6.45, 7) is 2.30. The van der Waals surface area contributed by atoms with Gasteiger partial charge in [-0.3, -0.25) is 10.00 Å². The second-order valence-electron chi connectivity index (χ2n) is 5.31. The van der Waals surface area contributed by atoms with E-state index in [9.17, 15) is 4.79 Å². The molecule has 0 aliphatic carbocycles. The van der Waals surface area contributed by atoms with Gasteiger partial charge >= 0.3 is 6.03 Å². The van der Waals surface area contributed by atoms with E-state index in [-0.39, 0.29) is 6.03 Å². The molecule has 0 unspecified atom stereocenters. The Morgan fingerprint density at radius 3 is 2.71 bits per heavy atom. The van der Waals surface area contributed by atoms with E-state index in [1.54, 1.807) is 17.9 Å². The SMILES string of the molecule is Cc1nc(NC(=O)NCCc2ccnn2-c2ccccc2)nn1C. The minimum atomic E-state index is -0.327. The minimum Gasteiger partial charge on any atom is -0.337 e. The van der Waals surface area contributed by atoms with Gasteiger partial charge in [0.25, 0.3) is 0 Å². The average molecular weight is 325 g/mol. The third-order valence-corrected chi connectivity index (χ3v) is 3.59. The quantitative estimate of drug-likeness (QED) is 0.747. The first kappa shape index (κ1) is 15.7. The van der Waals surface area contributed by atoms with Crippen molar-refractivity contribution in [2.75, 3.05) is 11.9 Å². The number of aromatic nitrogens is 5. The summed E-state index contributed by atoms with van der Waals surface area (Å²) in [5.74, 6) is 1.03. The Kier molecular flexibility index (Phi) is 4.55. The highest BCUT2D eigenvalue weighted by Gasteiger charge is 2.08. The topological polar surface area (TPSA) is 89.7 Å². The van der Waals surface area contributed by atoms with E-state index >= 15 is 0 Å². The van der Waals surface area contributed by atoms with Gasteiger partial charge in [0.1, 0.15) is 5.82 Å². The number of hydrogen-bond donors (Lipinski definition) is 2. The molecular formula is C16H19N7O. The highest BCUT2D eigenvalue weighted by molar-refractivity contribution is 5.87. The summed E-state index contributed by atoms with van der Waals surface area (Å²) in [7, 11) is 1.77. The summed E-state index contributed by atoms with van der Waals surface area (Å²) in [5.41, 5.74) is 2.02. The molecule has 2 heterocycles. The number of anilines is 1. The molecule has 0 aliphatic heterocycles. The first-order valence-corrected chi connectivity index (χ1v) is 7.64. The van der Waals surface area contributed by atoms with Gasteiger partial charge in [-0.25, -0.2) is 9.48 Å². The fourth-order valence-electron chi connectivity index (χ4n) is 2.29. The van der Waals surface area contributed by atoms with E-state index in [0.717, 1.165) is 17.2 Å². The molecule has 0 spiro atoms. The summed E-state index contributed by atoms with van der Waals surface area (Å²) < 4.78 is 3.47. The first-order chi connectivity index (χ1) is 11.6. The number of carbonyl (C=O) groups excluding carboxylic acids is 1. The molecule has 0 saturated heterocycles. The Morgan fingerprint density at radius 2 is 2.00 bits per heavy atom. The van der Waals surface area contributed by atoms with Crippen LogP contribution in [-0.2, 0) is 13.5 Å². The molecule has 1 aromatic carbocycles. The molecule has 8 heteroatoms. The van der Waals surface area contributed by atoms with Crippen LogP contribution in [0.5, 0.6) is 0 Å². The van der Waals surface area contributed by atoms with Crippen LogP contribution >= 0.6 is 0 Å². The van der Waals surface area contributed by atoms with Crippen LogP contribution in [0.3, 0.4) is 0 Å². The standard InChI is InChI=1S/C16H19N7O/c1-12-19-15(21-22(12)2)20-16(24)17-10-8-14-9-11-18-23(14)13-6-4-3-5-7-13/h3-7,9,11H,8,10H2,1-2H3,(H2,17,20,21,24). The maximum absolute atomic E-state index is 11.9. The predicted molar refractivity (Wildman–Crippen MR) is 90.0 cm³/mol. The molecule has 0 fully saturated rings. The lowest BCUT2D eigenvalue weighted by atomic mass is 10.2. The van der Waals surface area contributed by atoms with E-state index in [2.05, 4.69) is 25.8 Å². The molecule has 0 saturated carbocycles. The fraction of sp³-hybridized carbons (Fsp3) is 0.250. The summed E-state index contributed by atoms with van der Waals surface area (Å²) in [4.78, 5) is 16.0. The van der Waals surface area contributed by atoms with Crippen molar-refractivity contribution in [3.8, 4) is 5.69 Å². The van der Waals surface area contributed by atoms with Gasteiger partial charge in [-0.15, -0.1) is 5.10 Å². The molecule has 8 nitrogen and oxygen atoms in total. The number of benzene rings is 1. The molecule has 0 radical (unpaired) electrons. The zero-order valence-corrected chi connectivity index (χ0v) is 13.6. The van der Waals surface area contributed by atoms with Gasteiger partial charge in [0.05, 0.1) is 5.69 Å². The Hall–Kier alpha value is -3.16. The molecule has 2 N–H and O–H groups in total. The van der Waals surface area contributed by atoms with Crippen LogP contribution in [0, 0.1) is 6.92 Å². The molecule has 2 amide bonds. The molecule has 24 heavy (non-hydrogen) atoms. The maximum Gasteiger partial charge on any atom is 0.321 e. The first-order valence-electron chi connectivity index (χ1n) is 7.64. The van der Waals surface area contributed by atoms with Crippen molar-refractivity contribution in [3.63, 3.8) is 0 Å². The second kappa shape index (κ2) is 6.95. The van der Waals surface area contributed by atoms with Crippen LogP contribution in [0.1, 0.15) is 11.5 Å². The minimum absolute atomic E-state index is 0.293. The molecule has 0 aliphatic rings. The summed E-state index contributed by atoms with van der Waals surface area (Å²) in [5, 5.41) is 13.8. The van der Waals surface area contributed by atoms with Gasteiger partial charge in [0, 0.05) is 31.9 Å². The third-order valence-electron chi connectivity index (χ3n) is 3.59. The van der Waals surface area contributed by atoms with E-state index in [4.69, 9.17) is 0 Å². The Balaban J connectivity index is 1.54. The Labute approximate surface area is 139 Å². The smallest absolute Gasteiger partial charge is 0.321 e. The Bertz CT molecular complexity index is 803. The number of para-hydroxylation sites is 1. The van der Waals surface area contributed by atoms with E-state index in [1.165, 1.54) is 0 Å². The van der Waals surface area contributed by atoms with E-state index in [1.807, 2.05) is 48.0 Å². The van der Waals surface area contributed by atoms with Crippen LogP contribution in [0.15, 0.2) is 42.6 Å². The van der Waals surface area contributed by atoms with Crippen molar-refractivity contribution >= 4 is 12.0 Å². The fourth-order valence-corrected chi connectivity index (χ4v) is 2.29. The van der Waals surface area contributed by atoms with Crippen molar-refractivity contribution in [2.24, 2.45) is 7.05 Å². The number of carbonyl (C=O) groups is 1. The molecule has 0 bridgehead atoms. The van der Waals surface area contributed by atoms with Crippen LogP contribution in [0.4, 0.5) is 10.7 Å². The highest BCUT2D eigenvalue weighted by atomic mass is 16.2. The third kappa shape index (κ3) is 3.60. The number of urea groups is 1. The highest BCUT2D eigenvalue weighted by Crippen LogP contribution is 2.10. The van der Waals surface area contributed by atoms with Gasteiger partial charge in [0.15, 0.2) is 0 Å². The number of aryl methyl sites for hydroxylation is 2. The average Bonchev–Trinajstić information content (AvgIpc) is 3.15. The maximum atomic E-state index is 11.9. The van der Waals surface area contributed by atoms with Gasteiger partial charge in [0.2, 0.25) is 5.95 Å². The molecule has 3 aromatic rings. The molecule has 0 atom stereocenters. The van der Waals surface area contributed by atoms with Gasteiger partial charge < -0.3 is 5.32 Å². The lowest BCUT2D eigenvalue weighted by Crippen LogP contribution is -2.31. The lowest BCUT2D eigenvalue weighted by Gasteiger charge is -2.08. The monoisotopic (exact) mass is 325 g/mol. The Morgan fingerprint density at radius 1 is 1.21 bits per heavy atom. The number of nitrogens with zero attached hydrogens (tertiary/aromatic N) is 5. The van der Waals surface area contributed by atoms with E-state index in [0.29, 0.717) is 18.9 Å². The van der Waals surface area contributed by atoms with Crippen LogP contribution in [-0.4, -0.2) is 37.1 Å². The molecule has 2 aromatic heterocycles. The van der Waals surface area contributed by atoms with Crippen molar-refractivity contribution in [1.82, 2.24) is 29.9 Å². The van der Waals surface area contributed by atoms with Gasteiger partial charge in [-0.05, 0) is 25.1 Å². The number of rotatable bonds is 5. The number of nitrogens with one attached hydrogen (secondary N) is 2. The predicted octanol–water partition coefficient (Wildman–Crippen LogP) is 1.67. The molecule has 124 valence electrons. The number of hydrogen-bond acceptors (Lipinski definition) is 4. The zero-order chi connectivity index (χ0) is 16.9. The molecular weight excluding hydrogens is 306 g/mol. The largest absolute Gasteiger partial charge is 0.337 e. The van der Waals surface area contributed by atoms with Crippen molar-refractivity contribution in [2.45, 2.75) is 13.3 Å². The van der Waals surface area contributed by atoms with Crippen LogP contribution in [0.25, 0.3) is 5.69 Å². The lowest BCUT2D eigenvalue weighted by molar-refractivity contribution is 0.252. The van der Waals surface area contributed by atoms with Crippen LogP contribution in [0.2, 0.25) is 0 Å². The van der Waals surface area contributed by atoms with Crippen LogP contribution < -0.4 is 10.6 Å². The van der Waals surface area contributed by atoms with Gasteiger partial charge in [-0.2, -0.15) is 10.1 Å². The summed E-state index contributed by atoms with van der Waals surface area (Å²) in [6, 6.07) is 11.5. The number of amides is 2. The zero-order valence-electron chi connectivity index (χ0n) is 13.6. The van der Waals surface area contributed by atoms with E-state index < -0.39 is 0 Å². The summed E-state index contributed by atoms with van der Waals surface area (Å²) in [6.07, 6.45) is 2.42. The summed E-state index contributed by atoms with van der Waals surface area (Å²) >= 11 is 0. The van der Waals surface area contributed by atoms with Crippen molar-refractivity contribution in [3.05, 3.63) is 54.1 Å². The second-order valence-corrected chi connectivity index (χ2v) is 5.31. The molecule has 3 rings (SSSR count). The van der Waals surface area contributed by atoms with Crippen molar-refractivity contribution < 1.29 is 4.79 Å². The van der Waals surface area contributed by atoms with Crippen molar-refractivity contribution in [1.29, 1.82) is 0 Å².